The van der Waals surface area contributed by atoms with Gasteiger partial charge in [0.25, 0.3) is 0 Å². The Morgan fingerprint density at radius 3 is 2.73 bits per heavy atom. The monoisotopic (exact) mass is 367 g/mol. The number of hydrogen-bond acceptors (Lipinski definition) is 3. The third-order valence-electron chi connectivity index (χ3n) is 4.84. The SMILES string of the molecule is Brc1ccccc1CCO[C@H]1CCCC[C@@H]1N1CCOCC1. The average molecular weight is 368 g/mol. The lowest BCUT2D eigenvalue weighted by atomic mass is 9.91. The van der Waals surface area contributed by atoms with Gasteiger partial charge in [-0.05, 0) is 30.9 Å². The largest absolute Gasteiger partial charge is 0.379 e. The molecule has 0 N–H and O–H groups in total. The van der Waals surface area contributed by atoms with Crippen LogP contribution in [0.25, 0.3) is 0 Å². The summed E-state index contributed by atoms with van der Waals surface area (Å²) in [7, 11) is 0. The van der Waals surface area contributed by atoms with Crippen LogP contribution in [0.15, 0.2) is 28.7 Å². The predicted molar refractivity (Wildman–Crippen MR) is 92.2 cm³/mol. The first-order valence-electron chi connectivity index (χ1n) is 8.51. The third-order valence-corrected chi connectivity index (χ3v) is 5.62. The van der Waals surface area contributed by atoms with Crippen LogP contribution in [0.1, 0.15) is 31.2 Å². The Morgan fingerprint density at radius 1 is 1.14 bits per heavy atom. The first kappa shape index (κ1) is 16.4. The summed E-state index contributed by atoms with van der Waals surface area (Å²) in [6, 6.07) is 9.03. The molecule has 122 valence electrons. The molecule has 1 aromatic carbocycles. The van der Waals surface area contributed by atoms with Crippen molar-refractivity contribution in [2.75, 3.05) is 32.9 Å². The molecule has 2 fully saturated rings. The molecule has 0 radical (unpaired) electrons. The van der Waals surface area contributed by atoms with Gasteiger partial charge in [-0.25, -0.2) is 0 Å². The lowest BCUT2D eigenvalue weighted by Crippen LogP contribution is -2.51. The van der Waals surface area contributed by atoms with E-state index in [-0.39, 0.29) is 0 Å². The molecule has 0 bridgehead atoms. The van der Waals surface area contributed by atoms with Gasteiger partial charge < -0.3 is 9.47 Å². The van der Waals surface area contributed by atoms with Crippen LogP contribution in [0.2, 0.25) is 0 Å². The van der Waals surface area contributed by atoms with Crippen molar-refractivity contribution in [1.82, 2.24) is 4.90 Å². The molecule has 0 unspecified atom stereocenters. The minimum absolute atomic E-state index is 0.398. The van der Waals surface area contributed by atoms with Crippen LogP contribution >= 0.6 is 15.9 Å². The van der Waals surface area contributed by atoms with E-state index in [2.05, 4.69) is 45.1 Å². The summed E-state index contributed by atoms with van der Waals surface area (Å²) < 4.78 is 13.0. The molecule has 1 aromatic rings. The summed E-state index contributed by atoms with van der Waals surface area (Å²) in [5.74, 6) is 0. The Morgan fingerprint density at radius 2 is 1.91 bits per heavy atom. The fraction of sp³-hybridized carbons (Fsp3) is 0.667. The quantitative estimate of drug-likeness (QED) is 0.792. The number of halogens is 1. The van der Waals surface area contributed by atoms with Crippen molar-refractivity contribution >= 4 is 15.9 Å². The van der Waals surface area contributed by atoms with Gasteiger partial charge >= 0.3 is 0 Å². The number of ether oxygens (including phenoxy) is 2. The Kier molecular flexibility index (Phi) is 6.30. The van der Waals surface area contributed by atoms with Crippen LogP contribution in [0, 0.1) is 0 Å². The Hall–Kier alpha value is -0.420. The summed E-state index contributed by atoms with van der Waals surface area (Å²) in [6.07, 6.45) is 6.51. The van der Waals surface area contributed by atoms with Crippen molar-refractivity contribution in [1.29, 1.82) is 0 Å². The van der Waals surface area contributed by atoms with Crippen molar-refractivity contribution in [2.24, 2.45) is 0 Å². The molecule has 2 atom stereocenters. The van der Waals surface area contributed by atoms with E-state index in [0.717, 1.165) is 39.3 Å². The van der Waals surface area contributed by atoms with Gasteiger partial charge in [-0.2, -0.15) is 0 Å². The zero-order chi connectivity index (χ0) is 15.2. The molecule has 0 amide bonds. The van der Waals surface area contributed by atoms with Crippen LogP contribution in [0.4, 0.5) is 0 Å². The van der Waals surface area contributed by atoms with Crippen molar-refractivity contribution in [2.45, 2.75) is 44.2 Å². The highest BCUT2D eigenvalue weighted by atomic mass is 79.9. The van der Waals surface area contributed by atoms with Crippen molar-refractivity contribution in [3.05, 3.63) is 34.3 Å². The van der Waals surface area contributed by atoms with Gasteiger partial charge in [-0.15, -0.1) is 0 Å². The number of nitrogens with zero attached hydrogens (tertiary/aromatic N) is 1. The highest BCUT2D eigenvalue weighted by Gasteiger charge is 2.31. The maximum absolute atomic E-state index is 6.30. The Labute approximate surface area is 142 Å². The molecule has 0 aromatic heterocycles. The summed E-state index contributed by atoms with van der Waals surface area (Å²) in [4.78, 5) is 2.59. The van der Waals surface area contributed by atoms with Gasteiger partial charge in [-0.3, -0.25) is 4.90 Å². The highest BCUT2D eigenvalue weighted by molar-refractivity contribution is 9.10. The molecule has 3 nitrogen and oxygen atoms in total. The second-order valence-corrected chi connectivity index (χ2v) is 7.11. The van der Waals surface area contributed by atoms with E-state index in [0.29, 0.717) is 12.1 Å². The minimum atomic E-state index is 0.398. The number of rotatable bonds is 5. The summed E-state index contributed by atoms with van der Waals surface area (Å²) in [6.45, 7) is 4.69. The van der Waals surface area contributed by atoms with E-state index >= 15 is 0 Å². The van der Waals surface area contributed by atoms with Gasteiger partial charge in [0.15, 0.2) is 0 Å². The maximum Gasteiger partial charge on any atom is 0.0730 e. The summed E-state index contributed by atoms with van der Waals surface area (Å²) in [5, 5.41) is 0. The van der Waals surface area contributed by atoms with Crippen LogP contribution in [0.5, 0.6) is 0 Å². The lowest BCUT2D eigenvalue weighted by molar-refractivity contribution is -0.0647. The summed E-state index contributed by atoms with van der Waals surface area (Å²) >= 11 is 3.62. The fourth-order valence-electron chi connectivity index (χ4n) is 3.62. The molecule has 4 heteroatoms. The Bertz CT molecular complexity index is 462. The zero-order valence-corrected chi connectivity index (χ0v) is 14.8. The topological polar surface area (TPSA) is 21.7 Å². The maximum atomic E-state index is 6.30. The van der Waals surface area contributed by atoms with Gasteiger partial charge in [-0.1, -0.05) is 47.0 Å². The van der Waals surface area contributed by atoms with Crippen LogP contribution in [0.3, 0.4) is 0 Å². The van der Waals surface area contributed by atoms with Gasteiger partial charge in [0, 0.05) is 23.6 Å². The number of morpholine rings is 1. The Balaban J connectivity index is 1.52. The second-order valence-electron chi connectivity index (χ2n) is 6.25. The van der Waals surface area contributed by atoms with Gasteiger partial charge in [0.1, 0.15) is 0 Å². The molecule has 1 saturated carbocycles. The van der Waals surface area contributed by atoms with Crippen LogP contribution < -0.4 is 0 Å². The molecule has 0 spiro atoms. The molecule has 1 heterocycles. The summed E-state index contributed by atoms with van der Waals surface area (Å²) in [5.41, 5.74) is 1.33. The van der Waals surface area contributed by atoms with E-state index in [1.165, 1.54) is 35.7 Å². The van der Waals surface area contributed by atoms with Gasteiger partial charge in [0.2, 0.25) is 0 Å². The van der Waals surface area contributed by atoms with E-state index in [4.69, 9.17) is 9.47 Å². The van der Waals surface area contributed by atoms with Crippen molar-refractivity contribution in [3.63, 3.8) is 0 Å². The zero-order valence-electron chi connectivity index (χ0n) is 13.2. The average Bonchev–Trinajstić information content (AvgIpc) is 2.58. The normalized spacial score (nSPS) is 27.0. The first-order chi connectivity index (χ1) is 10.8. The van der Waals surface area contributed by atoms with Gasteiger partial charge in [0.05, 0.1) is 25.9 Å². The van der Waals surface area contributed by atoms with Crippen molar-refractivity contribution < 1.29 is 9.47 Å². The van der Waals surface area contributed by atoms with E-state index < -0.39 is 0 Å². The standard InChI is InChI=1S/C18H26BrNO2/c19-16-6-2-1-5-15(16)9-12-22-18-8-4-3-7-17(18)20-10-13-21-14-11-20/h1-2,5-6,17-18H,3-4,7-14H2/t17-,18-/m0/s1. The van der Waals surface area contributed by atoms with E-state index in [9.17, 15) is 0 Å². The van der Waals surface area contributed by atoms with Crippen molar-refractivity contribution in [3.8, 4) is 0 Å². The molecule has 2 aliphatic rings. The fourth-order valence-corrected chi connectivity index (χ4v) is 4.10. The molecule has 1 aliphatic carbocycles. The smallest absolute Gasteiger partial charge is 0.0730 e. The second kappa shape index (κ2) is 8.44. The van der Waals surface area contributed by atoms with E-state index in [1.54, 1.807) is 0 Å². The minimum Gasteiger partial charge on any atom is -0.379 e. The van der Waals surface area contributed by atoms with Crippen LogP contribution in [-0.2, 0) is 15.9 Å². The highest BCUT2D eigenvalue weighted by Crippen LogP contribution is 2.27. The third kappa shape index (κ3) is 4.31. The molecule has 1 aliphatic heterocycles. The number of benzene rings is 1. The van der Waals surface area contributed by atoms with Crippen LogP contribution in [-0.4, -0.2) is 50.0 Å². The molecule has 3 rings (SSSR count). The number of hydrogen-bond donors (Lipinski definition) is 0. The predicted octanol–water partition coefficient (Wildman–Crippen LogP) is 3.65. The molecule has 22 heavy (non-hydrogen) atoms. The molecular weight excluding hydrogens is 342 g/mol. The molecular formula is C18H26BrNO2. The first-order valence-corrected chi connectivity index (χ1v) is 9.31. The van der Waals surface area contributed by atoms with E-state index in [1.807, 2.05) is 0 Å². The lowest BCUT2D eigenvalue weighted by Gasteiger charge is -2.41. The molecule has 1 saturated heterocycles.